The second-order valence-electron chi connectivity index (χ2n) is 5.85. The molecule has 0 amide bonds. The molecule has 0 radical (unpaired) electrons. The minimum Gasteiger partial charge on any atom is -0.378 e. The standard InChI is InChI=1S/C13H21N6O5P/c1-9(24-8-25(20,21)22)6-19-7-15-10-11(16-13(14)17-12(10)19)18-2-4-23-5-3-18/h7,9H,2-6,8H2,1H3,(H2,14,16,17)(H2,20,21,22). The van der Waals surface area contributed by atoms with Crippen molar-refractivity contribution >= 4 is 30.5 Å². The van der Waals surface area contributed by atoms with E-state index < -0.39 is 20.0 Å². The quantitative estimate of drug-likeness (QED) is 0.581. The molecule has 0 spiro atoms. The zero-order valence-corrected chi connectivity index (χ0v) is 14.7. The number of nitrogens with zero attached hydrogens (tertiary/aromatic N) is 5. The highest BCUT2D eigenvalue weighted by Gasteiger charge is 2.21. The number of morpholine rings is 1. The fraction of sp³-hybridized carbons (Fsp3) is 0.615. The van der Waals surface area contributed by atoms with Crippen LogP contribution < -0.4 is 10.6 Å². The van der Waals surface area contributed by atoms with E-state index in [4.69, 9.17) is 25.0 Å². The van der Waals surface area contributed by atoms with E-state index in [9.17, 15) is 4.57 Å². The molecule has 11 nitrogen and oxygen atoms in total. The van der Waals surface area contributed by atoms with Crippen molar-refractivity contribution in [2.75, 3.05) is 43.3 Å². The number of ether oxygens (including phenoxy) is 2. The topological polar surface area (TPSA) is 149 Å². The van der Waals surface area contributed by atoms with E-state index in [0.29, 0.717) is 49.8 Å². The number of rotatable bonds is 6. The van der Waals surface area contributed by atoms with Gasteiger partial charge in [0.25, 0.3) is 0 Å². The Bertz CT molecular complexity index is 787. The summed E-state index contributed by atoms with van der Waals surface area (Å²) in [5.41, 5.74) is 7.03. The molecule has 2 aromatic rings. The van der Waals surface area contributed by atoms with Gasteiger partial charge in [0, 0.05) is 13.1 Å². The van der Waals surface area contributed by atoms with Crippen molar-refractivity contribution in [3.05, 3.63) is 6.33 Å². The van der Waals surface area contributed by atoms with Crippen molar-refractivity contribution in [1.82, 2.24) is 19.5 Å². The van der Waals surface area contributed by atoms with Crippen molar-refractivity contribution in [1.29, 1.82) is 0 Å². The molecule has 0 bridgehead atoms. The normalized spacial score (nSPS) is 17.2. The fourth-order valence-electron chi connectivity index (χ4n) is 2.63. The fourth-order valence-corrected chi connectivity index (χ4v) is 3.08. The first-order valence-electron chi connectivity index (χ1n) is 7.81. The number of fused-ring (bicyclic) bond motifs is 1. The molecule has 2 aromatic heterocycles. The average Bonchev–Trinajstić information content (AvgIpc) is 2.95. The maximum atomic E-state index is 10.9. The van der Waals surface area contributed by atoms with Crippen LogP contribution in [0.5, 0.6) is 0 Å². The second kappa shape index (κ2) is 7.22. The molecule has 0 aliphatic carbocycles. The summed E-state index contributed by atoms with van der Waals surface area (Å²) in [5.74, 6) is 0.799. The predicted molar refractivity (Wildman–Crippen MR) is 90.2 cm³/mol. The summed E-state index contributed by atoms with van der Waals surface area (Å²) in [5, 5.41) is 0. The Labute approximate surface area is 143 Å². The van der Waals surface area contributed by atoms with Crippen LogP contribution in [0.15, 0.2) is 6.33 Å². The van der Waals surface area contributed by atoms with Gasteiger partial charge in [-0.1, -0.05) is 0 Å². The number of anilines is 2. The van der Waals surface area contributed by atoms with Gasteiger partial charge in [-0.2, -0.15) is 9.97 Å². The van der Waals surface area contributed by atoms with Gasteiger partial charge in [-0.05, 0) is 6.92 Å². The largest absolute Gasteiger partial charge is 0.378 e. The van der Waals surface area contributed by atoms with Crippen molar-refractivity contribution in [3.63, 3.8) is 0 Å². The van der Waals surface area contributed by atoms with Crippen LogP contribution in [0.3, 0.4) is 0 Å². The van der Waals surface area contributed by atoms with Gasteiger partial charge in [-0.15, -0.1) is 0 Å². The molecule has 3 rings (SSSR count). The first kappa shape index (κ1) is 18.0. The van der Waals surface area contributed by atoms with Gasteiger partial charge in [0.1, 0.15) is 6.35 Å². The lowest BCUT2D eigenvalue weighted by molar-refractivity contribution is 0.0764. The number of hydrogen-bond donors (Lipinski definition) is 3. The van der Waals surface area contributed by atoms with E-state index in [0.717, 1.165) is 0 Å². The molecule has 0 aromatic carbocycles. The van der Waals surface area contributed by atoms with Crippen LogP contribution in [0.4, 0.5) is 11.8 Å². The summed E-state index contributed by atoms with van der Waals surface area (Å²) >= 11 is 0. The van der Waals surface area contributed by atoms with Gasteiger partial charge in [-0.25, -0.2) is 4.98 Å². The number of hydrogen-bond acceptors (Lipinski definition) is 8. The molecule has 1 aliphatic heterocycles. The Balaban J connectivity index is 1.83. The predicted octanol–water partition coefficient (Wildman–Crippen LogP) is -0.215. The van der Waals surface area contributed by atoms with Crippen molar-refractivity contribution in [2.24, 2.45) is 0 Å². The first-order chi connectivity index (χ1) is 11.8. The average molecular weight is 372 g/mol. The van der Waals surface area contributed by atoms with E-state index >= 15 is 0 Å². The van der Waals surface area contributed by atoms with E-state index in [1.165, 1.54) is 0 Å². The molecule has 0 saturated carbocycles. The smallest absolute Gasteiger partial charge is 0.350 e. The lowest BCUT2D eigenvalue weighted by Crippen LogP contribution is -2.37. The molecule has 1 saturated heterocycles. The maximum absolute atomic E-state index is 10.9. The molecular formula is C13H21N6O5P. The van der Waals surface area contributed by atoms with Crippen molar-refractivity contribution < 1.29 is 23.8 Å². The second-order valence-corrected chi connectivity index (χ2v) is 7.43. The molecule has 12 heteroatoms. The highest BCUT2D eigenvalue weighted by molar-refractivity contribution is 7.51. The molecule has 138 valence electrons. The lowest BCUT2D eigenvalue weighted by Gasteiger charge is -2.27. The van der Waals surface area contributed by atoms with E-state index in [1.807, 2.05) is 0 Å². The molecule has 4 N–H and O–H groups in total. The molecule has 1 unspecified atom stereocenters. The van der Waals surface area contributed by atoms with Crippen LogP contribution in [0.1, 0.15) is 6.92 Å². The third-order valence-electron chi connectivity index (χ3n) is 3.75. The van der Waals surface area contributed by atoms with Crippen LogP contribution in [-0.4, -0.2) is 68.1 Å². The molecule has 25 heavy (non-hydrogen) atoms. The Morgan fingerprint density at radius 2 is 2.12 bits per heavy atom. The Morgan fingerprint density at radius 3 is 2.80 bits per heavy atom. The Morgan fingerprint density at radius 1 is 1.40 bits per heavy atom. The first-order valence-corrected chi connectivity index (χ1v) is 9.60. The SMILES string of the molecule is CC(Cn1cnc2c(N3CCOCC3)nc(N)nc21)OCP(=O)(O)O. The third kappa shape index (κ3) is 4.44. The minimum absolute atomic E-state index is 0.138. The van der Waals surface area contributed by atoms with Crippen molar-refractivity contribution in [3.8, 4) is 0 Å². The number of nitrogen functional groups attached to an aromatic ring is 1. The van der Waals surface area contributed by atoms with Gasteiger partial charge >= 0.3 is 7.60 Å². The van der Waals surface area contributed by atoms with Crippen LogP contribution in [0.25, 0.3) is 11.2 Å². The Hall–Kier alpha value is -1.78. The number of nitrogens with two attached hydrogens (primary N) is 1. The molecular weight excluding hydrogens is 351 g/mol. The van der Waals surface area contributed by atoms with Gasteiger partial charge in [0.2, 0.25) is 5.95 Å². The monoisotopic (exact) mass is 372 g/mol. The molecule has 1 aliphatic rings. The van der Waals surface area contributed by atoms with Gasteiger partial charge < -0.3 is 34.5 Å². The molecule has 3 heterocycles. The zero-order chi connectivity index (χ0) is 18.0. The molecule has 1 fully saturated rings. The van der Waals surface area contributed by atoms with Crippen LogP contribution in [0, 0.1) is 0 Å². The summed E-state index contributed by atoms with van der Waals surface area (Å²) < 4.78 is 23.2. The van der Waals surface area contributed by atoms with E-state index in [-0.39, 0.29) is 5.95 Å². The van der Waals surface area contributed by atoms with Gasteiger partial charge in [0.05, 0.1) is 32.2 Å². The van der Waals surface area contributed by atoms with Gasteiger partial charge in [0.15, 0.2) is 17.0 Å². The summed E-state index contributed by atoms with van der Waals surface area (Å²) in [6.07, 6.45) is 0.532. The minimum atomic E-state index is -4.20. The lowest BCUT2D eigenvalue weighted by atomic mass is 10.3. The van der Waals surface area contributed by atoms with Gasteiger partial charge in [-0.3, -0.25) is 4.57 Å². The Kier molecular flexibility index (Phi) is 5.21. The van der Waals surface area contributed by atoms with Crippen LogP contribution in [0.2, 0.25) is 0 Å². The van der Waals surface area contributed by atoms with Crippen LogP contribution in [-0.2, 0) is 20.6 Å². The number of imidazole rings is 1. The van der Waals surface area contributed by atoms with E-state index in [1.54, 1.807) is 17.8 Å². The third-order valence-corrected chi connectivity index (χ3v) is 4.24. The summed E-state index contributed by atoms with van der Waals surface area (Å²) in [7, 11) is -4.20. The maximum Gasteiger partial charge on any atom is 0.350 e. The highest BCUT2D eigenvalue weighted by atomic mass is 31.2. The highest BCUT2D eigenvalue weighted by Crippen LogP contribution is 2.34. The molecule has 1 atom stereocenters. The van der Waals surface area contributed by atoms with Crippen molar-refractivity contribution in [2.45, 2.75) is 19.6 Å². The van der Waals surface area contributed by atoms with Crippen LogP contribution >= 0.6 is 7.60 Å². The van der Waals surface area contributed by atoms with E-state index in [2.05, 4.69) is 19.9 Å². The summed E-state index contributed by atoms with van der Waals surface area (Å²) in [6, 6.07) is 0. The summed E-state index contributed by atoms with van der Waals surface area (Å²) in [4.78, 5) is 32.8. The summed E-state index contributed by atoms with van der Waals surface area (Å²) in [6.45, 7) is 4.66. The zero-order valence-electron chi connectivity index (χ0n) is 13.8. The number of aromatic nitrogens is 4.